The Balaban J connectivity index is 2.11. The van der Waals surface area contributed by atoms with Gasteiger partial charge in [-0.25, -0.2) is 9.37 Å². The Morgan fingerprint density at radius 3 is 2.65 bits per heavy atom. The second-order valence-corrected chi connectivity index (χ2v) is 5.43. The van der Waals surface area contributed by atoms with Crippen LogP contribution in [0.2, 0.25) is 0 Å². The van der Waals surface area contributed by atoms with Crippen LogP contribution in [-0.2, 0) is 0 Å². The number of rotatable bonds is 4. The molecular formula is C15H22FN3O. The average Bonchev–Trinajstić information content (AvgIpc) is 2.46. The molecule has 4 nitrogen and oxygen atoms in total. The van der Waals surface area contributed by atoms with Gasteiger partial charge in [-0.05, 0) is 44.2 Å². The molecule has 1 fully saturated rings. The maximum absolute atomic E-state index is 12.9. The normalized spacial score (nSPS) is 22.6. The summed E-state index contributed by atoms with van der Waals surface area (Å²) in [6.07, 6.45) is 5.77. The third-order valence-electron chi connectivity index (χ3n) is 3.85. The summed E-state index contributed by atoms with van der Waals surface area (Å²) in [6.45, 7) is 2.75. The van der Waals surface area contributed by atoms with Crippen LogP contribution in [-0.4, -0.2) is 34.4 Å². The standard InChI is InChI=1S/C15H22FN3O/c1-2-9-19(13-6-4-12(17)5-7-13)15(20)14-8-3-11(16)10-18-14/h3,8,10,12-13H,2,4-7,9,17H2,1H3. The van der Waals surface area contributed by atoms with Gasteiger partial charge < -0.3 is 10.6 Å². The molecule has 2 N–H and O–H groups in total. The molecule has 1 aromatic heterocycles. The number of pyridine rings is 1. The fourth-order valence-corrected chi connectivity index (χ4v) is 2.75. The first-order chi connectivity index (χ1) is 9.61. The Morgan fingerprint density at radius 1 is 1.40 bits per heavy atom. The summed E-state index contributed by atoms with van der Waals surface area (Å²) in [5, 5.41) is 0. The molecule has 1 aliphatic carbocycles. The monoisotopic (exact) mass is 279 g/mol. The topological polar surface area (TPSA) is 59.2 Å². The maximum Gasteiger partial charge on any atom is 0.272 e. The SMILES string of the molecule is CCCN(C(=O)c1ccc(F)cn1)C1CCC(N)CC1. The number of amides is 1. The first-order valence-electron chi connectivity index (χ1n) is 7.30. The van der Waals surface area contributed by atoms with Crippen LogP contribution in [0.1, 0.15) is 49.5 Å². The van der Waals surface area contributed by atoms with Gasteiger partial charge in [-0.3, -0.25) is 4.79 Å². The van der Waals surface area contributed by atoms with Crippen LogP contribution in [0.3, 0.4) is 0 Å². The van der Waals surface area contributed by atoms with E-state index in [9.17, 15) is 9.18 Å². The number of hydrogen-bond acceptors (Lipinski definition) is 3. The van der Waals surface area contributed by atoms with Crippen LogP contribution in [0.5, 0.6) is 0 Å². The number of hydrogen-bond donors (Lipinski definition) is 1. The summed E-state index contributed by atoms with van der Waals surface area (Å²) in [5.74, 6) is -0.528. The highest BCUT2D eigenvalue weighted by Gasteiger charge is 2.28. The Hall–Kier alpha value is -1.49. The van der Waals surface area contributed by atoms with Gasteiger partial charge in [0.2, 0.25) is 0 Å². The molecule has 0 atom stereocenters. The van der Waals surface area contributed by atoms with Gasteiger partial charge in [-0.2, -0.15) is 0 Å². The van der Waals surface area contributed by atoms with Gasteiger partial charge in [-0.15, -0.1) is 0 Å². The van der Waals surface area contributed by atoms with Crippen molar-refractivity contribution in [2.75, 3.05) is 6.54 Å². The van der Waals surface area contributed by atoms with Gasteiger partial charge in [0.25, 0.3) is 5.91 Å². The zero-order chi connectivity index (χ0) is 14.5. The van der Waals surface area contributed by atoms with Gasteiger partial charge in [0.15, 0.2) is 0 Å². The zero-order valence-corrected chi connectivity index (χ0v) is 11.9. The predicted octanol–water partition coefficient (Wildman–Crippen LogP) is 2.34. The van der Waals surface area contributed by atoms with E-state index in [1.165, 1.54) is 12.1 Å². The Bertz CT molecular complexity index is 441. The molecule has 0 aliphatic heterocycles. The van der Waals surface area contributed by atoms with E-state index < -0.39 is 5.82 Å². The molecule has 0 aromatic carbocycles. The van der Waals surface area contributed by atoms with Gasteiger partial charge in [0.05, 0.1) is 6.20 Å². The van der Waals surface area contributed by atoms with Gasteiger partial charge in [-0.1, -0.05) is 6.92 Å². The molecule has 2 rings (SSSR count). The van der Waals surface area contributed by atoms with Crippen molar-refractivity contribution in [1.82, 2.24) is 9.88 Å². The lowest BCUT2D eigenvalue weighted by Gasteiger charge is -2.35. The number of nitrogens with two attached hydrogens (primary N) is 1. The molecule has 0 unspecified atom stereocenters. The van der Waals surface area contributed by atoms with Gasteiger partial charge in [0, 0.05) is 18.6 Å². The van der Waals surface area contributed by atoms with Gasteiger partial charge in [0.1, 0.15) is 11.5 Å². The zero-order valence-electron chi connectivity index (χ0n) is 11.9. The highest BCUT2D eigenvalue weighted by molar-refractivity contribution is 5.92. The van der Waals surface area contributed by atoms with Crippen LogP contribution in [0, 0.1) is 5.82 Å². The molecule has 0 saturated heterocycles. The van der Waals surface area contributed by atoms with E-state index in [-0.39, 0.29) is 18.0 Å². The van der Waals surface area contributed by atoms with Crippen LogP contribution >= 0.6 is 0 Å². The third-order valence-corrected chi connectivity index (χ3v) is 3.85. The first kappa shape index (κ1) is 14.9. The molecule has 5 heteroatoms. The number of aromatic nitrogens is 1. The molecule has 20 heavy (non-hydrogen) atoms. The van der Waals surface area contributed by atoms with E-state index in [1.807, 2.05) is 11.8 Å². The molecule has 110 valence electrons. The Morgan fingerprint density at radius 2 is 2.10 bits per heavy atom. The number of carbonyl (C=O) groups excluding carboxylic acids is 1. The Labute approximate surface area is 119 Å². The lowest BCUT2D eigenvalue weighted by Crippen LogP contribution is -2.44. The quantitative estimate of drug-likeness (QED) is 0.920. The van der Waals surface area contributed by atoms with E-state index in [1.54, 1.807) is 0 Å². The molecule has 1 aliphatic rings. The smallest absolute Gasteiger partial charge is 0.272 e. The molecule has 0 radical (unpaired) electrons. The summed E-state index contributed by atoms with van der Waals surface area (Å²) < 4.78 is 12.9. The second kappa shape index (κ2) is 6.79. The summed E-state index contributed by atoms with van der Waals surface area (Å²) in [6, 6.07) is 3.22. The van der Waals surface area contributed by atoms with Gasteiger partial charge >= 0.3 is 0 Å². The van der Waals surface area contributed by atoms with Crippen molar-refractivity contribution < 1.29 is 9.18 Å². The van der Waals surface area contributed by atoms with E-state index in [0.717, 1.165) is 38.3 Å². The summed E-state index contributed by atoms with van der Waals surface area (Å²) >= 11 is 0. The summed E-state index contributed by atoms with van der Waals surface area (Å²) in [4.78, 5) is 18.3. The lowest BCUT2D eigenvalue weighted by molar-refractivity contribution is 0.0620. The molecule has 1 saturated carbocycles. The van der Waals surface area contributed by atoms with Crippen LogP contribution < -0.4 is 5.73 Å². The molecule has 0 bridgehead atoms. The fourth-order valence-electron chi connectivity index (χ4n) is 2.75. The minimum Gasteiger partial charge on any atom is -0.334 e. The van der Waals surface area contributed by atoms with Crippen molar-refractivity contribution in [2.45, 2.75) is 51.1 Å². The summed E-state index contributed by atoms with van der Waals surface area (Å²) in [7, 11) is 0. The van der Waals surface area contributed by atoms with Crippen molar-refractivity contribution in [3.63, 3.8) is 0 Å². The number of nitrogens with zero attached hydrogens (tertiary/aromatic N) is 2. The van der Waals surface area contributed by atoms with Crippen LogP contribution in [0.25, 0.3) is 0 Å². The first-order valence-corrected chi connectivity index (χ1v) is 7.30. The van der Waals surface area contributed by atoms with Crippen molar-refractivity contribution in [1.29, 1.82) is 0 Å². The number of carbonyl (C=O) groups is 1. The highest BCUT2D eigenvalue weighted by atomic mass is 19.1. The molecule has 0 spiro atoms. The fraction of sp³-hybridized carbons (Fsp3) is 0.600. The molecule has 1 heterocycles. The van der Waals surface area contributed by atoms with Crippen molar-refractivity contribution in [3.05, 3.63) is 29.8 Å². The maximum atomic E-state index is 12.9. The second-order valence-electron chi connectivity index (χ2n) is 5.43. The van der Waals surface area contributed by atoms with Crippen molar-refractivity contribution in [2.24, 2.45) is 5.73 Å². The molecule has 1 amide bonds. The summed E-state index contributed by atoms with van der Waals surface area (Å²) in [5.41, 5.74) is 6.23. The lowest BCUT2D eigenvalue weighted by atomic mass is 9.90. The molecule has 1 aromatic rings. The average molecular weight is 279 g/mol. The minimum absolute atomic E-state index is 0.104. The van der Waals surface area contributed by atoms with Crippen LogP contribution in [0.4, 0.5) is 4.39 Å². The minimum atomic E-state index is -0.424. The Kier molecular flexibility index (Phi) is 5.06. The van der Waals surface area contributed by atoms with E-state index in [4.69, 9.17) is 5.73 Å². The van der Waals surface area contributed by atoms with Crippen molar-refractivity contribution >= 4 is 5.91 Å². The van der Waals surface area contributed by atoms with Crippen molar-refractivity contribution in [3.8, 4) is 0 Å². The molecular weight excluding hydrogens is 257 g/mol. The third kappa shape index (κ3) is 3.54. The van der Waals surface area contributed by atoms with Crippen LogP contribution in [0.15, 0.2) is 18.3 Å². The largest absolute Gasteiger partial charge is 0.334 e. The number of halogens is 1. The van der Waals surface area contributed by atoms with E-state index in [2.05, 4.69) is 4.98 Å². The highest BCUT2D eigenvalue weighted by Crippen LogP contribution is 2.23. The predicted molar refractivity (Wildman–Crippen MR) is 75.8 cm³/mol. The van der Waals surface area contributed by atoms with E-state index >= 15 is 0 Å². The van der Waals surface area contributed by atoms with E-state index in [0.29, 0.717) is 12.2 Å².